The van der Waals surface area contributed by atoms with Gasteiger partial charge in [0.05, 0.1) is 23.5 Å². The number of benzene rings is 3. The Kier molecular flexibility index (Phi) is 7.83. The molecule has 184 valence electrons. The first-order valence-electron chi connectivity index (χ1n) is 10.5. The van der Waals surface area contributed by atoms with E-state index in [0.29, 0.717) is 32.7 Å². The van der Waals surface area contributed by atoms with Crippen molar-refractivity contribution < 1.29 is 24.0 Å². The predicted octanol–water partition coefficient (Wildman–Crippen LogP) is 6.73. The Morgan fingerprint density at radius 2 is 1.78 bits per heavy atom. The maximum atomic E-state index is 12.9. The average molecular weight is 545 g/mol. The summed E-state index contributed by atoms with van der Waals surface area (Å²) in [6, 6.07) is 16.0. The lowest BCUT2D eigenvalue weighted by Gasteiger charge is -2.13. The van der Waals surface area contributed by atoms with Gasteiger partial charge in [0, 0.05) is 27.7 Å². The van der Waals surface area contributed by atoms with Gasteiger partial charge in [0.2, 0.25) is 0 Å². The highest BCUT2D eigenvalue weighted by molar-refractivity contribution is 8.18. The molecule has 3 aromatic carbocycles. The van der Waals surface area contributed by atoms with Crippen molar-refractivity contribution in [3.63, 3.8) is 0 Å². The number of nitro benzene ring substituents is 1. The number of imide groups is 1. The molecule has 1 fully saturated rings. The number of hydrogen-bond donors (Lipinski definition) is 0. The third kappa shape index (κ3) is 5.81. The van der Waals surface area contributed by atoms with Crippen LogP contribution in [0.15, 0.2) is 65.6 Å². The summed E-state index contributed by atoms with van der Waals surface area (Å²) in [5, 5.41) is 11.4. The van der Waals surface area contributed by atoms with Crippen molar-refractivity contribution in [2.75, 3.05) is 7.11 Å². The highest BCUT2D eigenvalue weighted by atomic mass is 35.5. The highest BCUT2D eigenvalue weighted by Gasteiger charge is 2.35. The Labute approximate surface area is 220 Å². The van der Waals surface area contributed by atoms with Crippen molar-refractivity contribution in [3.05, 3.63) is 102 Å². The largest absolute Gasteiger partial charge is 0.493 e. The molecule has 0 unspecified atom stereocenters. The average Bonchev–Trinajstić information content (AvgIpc) is 3.11. The van der Waals surface area contributed by atoms with Gasteiger partial charge in [0.1, 0.15) is 6.61 Å². The number of nitrogens with zero attached hydrogens (tertiary/aromatic N) is 2. The van der Waals surface area contributed by atoms with Crippen LogP contribution in [-0.2, 0) is 17.9 Å². The van der Waals surface area contributed by atoms with E-state index < -0.39 is 16.1 Å². The van der Waals surface area contributed by atoms with E-state index in [0.717, 1.165) is 22.2 Å². The first-order valence-corrected chi connectivity index (χ1v) is 12.1. The van der Waals surface area contributed by atoms with Crippen LogP contribution in [-0.4, -0.2) is 28.1 Å². The first kappa shape index (κ1) is 25.6. The third-order valence-electron chi connectivity index (χ3n) is 5.25. The maximum Gasteiger partial charge on any atom is 0.293 e. The summed E-state index contributed by atoms with van der Waals surface area (Å²) in [7, 11) is 1.50. The molecule has 0 aromatic heterocycles. The van der Waals surface area contributed by atoms with E-state index in [1.807, 2.05) is 0 Å². The molecule has 0 radical (unpaired) electrons. The van der Waals surface area contributed by atoms with Crippen LogP contribution in [0.3, 0.4) is 0 Å². The third-order valence-corrected chi connectivity index (χ3v) is 6.74. The number of rotatable bonds is 8. The minimum atomic E-state index is -0.510. The monoisotopic (exact) mass is 544 g/mol. The molecule has 1 aliphatic heterocycles. The van der Waals surface area contributed by atoms with Gasteiger partial charge in [-0.1, -0.05) is 47.5 Å². The summed E-state index contributed by atoms with van der Waals surface area (Å²) in [6.07, 6.45) is 1.60. The van der Waals surface area contributed by atoms with E-state index in [9.17, 15) is 19.7 Å². The Morgan fingerprint density at radius 1 is 1.03 bits per heavy atom. The van der Waals surface area contributed by atoms with Gasteiger partial charge >= 0.3 is 0 Å². The topological polar surface area (TPSA) is 99.0 Å². The van der Waals surface area contributed by atoms with Gasteiger partial charge in [0.15, 0.2) is 11.5 Å². The zero-order valence-corrected chi connectivity index (χ0v) is 21.1. The van der Waals surface area contributed by atoms with Crippen LogP contribution in [0.2, 0.25) is 10.0 Å². The molecule has 0 aliphatic carbocycles. The van der Waals surface area contributed by atoms with E-state index in [1.165, 1.54) is 31.4 Å². The van der Waals surface area contributed by atoms with Crippen LogP contribution < -0.4 is 9.47 Å². The van der Waals surface area contributed by atoms with Crippen molar-refractivity contribution in [2.45, 2.75) is 13.2 Å². The molecular formula is C25H18Cl2N2O6S. The molecule has 36 heavy (non-hydrogen) atoms. The lowest BCUT2D eigenvalue weighted by molar-refractivity contribution is -0.384. The zero-order valence-electron chi connectivity index (χ0n) is 18.8. The smallest absolute Gasteiger partial charge is 0.293 e. The van der Waals surface area contributed by atoms with Crippen molar-refractivity contribution in [1.82, 2.24) is 4.90 Å². The van der Waals surface area contributed by atoms with Crippen LogP contribution in [0.1, 0.15) is 16.7 Å². The lowest BCUT2D eigenvalue weighted by Crippen LogP contribution is -2.27. The summed E-state index contributed by atoms with van der Waals surface area (Å²) >= 11 is 13.0. The number of thioether (sulfide) groups is 1. The second-order valence-corrected chi connectivity index (χ2v) is 9.46. The summed E-state index contributed by atoms with van der Waals surface area (Å²) in [4.78, 5) is 37.0. The summed E-state index contributed by atoms with van der Waals surface area (Å²) in [5.41, 5.74) is 1.94. The standard InChI is InChI=1S/C25H18Cl2N2O6S/c1-34-22-10-16(4-9-21(22)35-14-17-5-6-18(26)12-20(17)27)11-23-24(30)28(25(31)36-23)13-15-2-7-19(8-3-15)29(32)33/h2-12H,13-14H2,1H3/b23-11-. The van der Waals surface area contributed by atoms with E-state index in [1.54, 1.807) is 42.5 Å². The molecule has 0 saturated carbocycles. The molecule has 1 heterocycles. The van der Waals surface area contributed by atoms with E-state index in [4.69, 9.17) is 32.7 Å². The molecule has 1 saturated heterocycles. The molecule has 8 nitrogen and oxygen atoms in total. The van der Waals surface area contributed by atoms with Crippen molar-refractivity contribution in [1.29, 1.82) is 0 Å². The molecule has 0 N–H and O–H groups in total. The van der Waals surface area contributed by atoms with E-state index >= 15 is 0 Å². The second kappa shape index (κ2) is 11.0. The molecular weight excluding hydrogens is 527 g/mol. The fourth-order valence-corrected chi connectivity index (χ4v) is 4.68. The van der Waals surface area contributed by atoms with Gasteiger partial charge in [-0.2, -0.15) is 0 Å². The Hall–Kier alpha value is -3.53. The Balaban J connectivity index is 1.47. The fourth-order valence-electron chi connectivity index (χ4n) is 3.38. The summed E-state index contributed by atoms with van der Waals surface area (Å²) < 4.78 is 11.3. The first-order chi connectivity index (χ1) is 17.2. The fraction of sp³-hybridized carbons (Fsp3) is 0.120. The van der Waals surface area contributed by atoms with Gasteiger partial charge in [-0.3, -0.25) is 24.6 Å². The van der Waals surface area contributed by atoms with E-state index in [2.05, 4.69) is 0 Å². The van der Waals surface area contributed by atoms with Crippen LogP contribution in [0.5, 0.6) is 11.5 Å². The maximum absolute atomic E-state index is 12.9. The molecule has 0 spiro atoms. The van der Waals surface area contributed by atoms with Gasteiger partial charge in [0.25, 0.3) is 16.8 Å². The van der Waals surface area contributed by atoms with Gasteiger partial charge in [-0.15, -0.1) is 0 Å². The number of ether oxygens (including phenoxy) is 2. The number of nitro groups is 1. The van der Waals surface area contributed by atoms with Crippen LogP contribution in [0, 0.1) is 10.1 Å². The predicted molar refractivity (Wildman–Crippen MR) is 138 cm³/mol. The minimum absolute atomic E-state index is 0.0172. The molecule has 4 rings (SSSR count). The molecule has 0 bridgehead atoms. The molecule has 0 atom stereocenters. The van der Waals surface area contributed by atoms with E-state index in [-0.39, 0.29) is 23.7 Å². The Morgan fingerprint density at radius 3 is 2.44 bits per heavy atom. The normalized spacial score (nSPS) is 14.4. The number of carbonyl (C=O) groups excluding carboxylic acids is 2. The summed E-state index contributed by atoms with van der Waals surface area (Å²) in [6.45, 7) is 0.219. The number of methoxy groups -OCH3 is 1. The lowest BCUT2D eigenvalue weighted by atomic mass is 10.1. The van der Waals surface area contributed by atoms with Crippen molar-refractivity contribution in [2.24, 2.45) is 0 Å². The molecule has 1 aliphatic rings. The van der Waals surface area contributed by atoms with Gasteiger partial charge in [-0.25, -0.2) is 0 Å². The van der Waals surface area contributed by atoms with Crippen molar-refractivity contribution in [3.8, 4) is 11.5 Å². The highest BCUT2D eigenvalue weighted by Crippen LogP contribution is 2.36. The van der Waals surface area contributed by atoms with Gasteiger partial charge < -0.3 is 9.47 Å². The van der Waals surface area contributed by atoms with Crippen LogP contribution >= 0.6 is 35.0 Å². The zero-order chi connectivity index (χ0) is 25.8. The Bertz CT molecular complexity index is 1380. The second-order valence-electron chi connectivity index (χ2n) is 7.63. The summed E-state index contributed by atoms with van der Waals surface area (Å²) in [5.74, 6) is 0.478. The van der Waals surface area contributed by atoms with Crippen molar-refractivity contribution >= 4 is 57.9 Å². The number of non-ortho nitro benzene ring substituents is 1. The minimum Gasteiger partial charge on any atom is -0.493 e. The molecule has 3 aromatic rings. The van der Waals surface area contributed by atoms with Crippen LogP contribution in [0.4, 0.5) is 10.5 Å². The number of carbonyl (C=O) groups is 2. The number of halogens is 2. The van der Waals surface area contributed by atoms with Gasteiger partial charge in [-0.05, 0) is 53.2 Å². The molecule has 11 heteroatoms. The van der Waals surface area contributed by atoms with Crippen LogP contribution in [0.25, 0.3) is 6.08 Å². The number of hydrogen-bond acceptors (Lipinski definition) is 7. The quantitative estimate of drug-likeness (QED) is 0.176. The SMILES string of the molecule is COc1cc(/C=C2\SC(=O)N(Cc3ccc([N+](=O)[O-])cc3)C2=O)ccc1OCc1ccc(Cl)cc1Cl. The number of amides is 2. The molecule has 2 amide bonds.